The van der Waals surface area contributed by atoms with Gasteiger partial charge in [0, 0.05) is 7.05 Å². The van der Waals surface area contributed by atoms with E-state index in [-0.39, 0.29) is 18.1 Å². The van der Waals surface area contributed by atoms with Crippen LogP contribution in [0.3, 0.4) is 0 Å². The van der Waals surface area contributed by atoms with Crippen LogP contribution in [0, 0.1) is 0 Å². The molecule has 1 saturated heterocycles. The van der Waals surface area contributed by atoms with Crippen LogP contribution in [0.1, 0.15) is 44.8 Å². The summed E-state index contributed by atoms with van der Waals surface area (Å²) in [6.45, 7) is 4.78. The van der Waals surface area contributed by atoms with Crippen LogP contribution in [0.25, 0.3) is 0 Å². The number of ether oxygens (including phenoxy) is 1. The molecule has 2 unspecified atom stereocenters. The largest absolute Gasteiger partial charge is 0.494 e. The van der Waals surface area contributed by atoms with Gasteiger partial charge in [-0.05, 0) is 31.0 Å². The Morgan fingerprint density at radius 3 is 2.55 bits per heavy atom. The Bertz CT molecular complexity index is 444. The van der Waals surface area contributed by atoms with E-state index in [9.17, 15) is 4.79 Å². The normalized spacial score (nSPS) is 22.4. The molecule has 110 valence electrons. The Morgan fingerprint density at radius 2 is 1.95 bits per heavy atom. The molecule has 0 aromatic heterocycles. The molecule has 1 heterocycles. The highest BCUT2D eigenvalue weighted by Crippen LogP contribution is 2.27. The fraction of sp³-hybridized carbons (Fsp3) is 0.562. The number of carbonyl (C=O) groups is 1. The van der Waals surface area contributed by atoms with E-state index >= 15 is 0 Å². The molecule has 1 aromatic carbocycles. The average molecular weight is 276 g/mol. The lowest BCUT2D eigenvalue weighted by molar-refractivity contribution is -0.128. The summed E-state index contributed by atoms with van der Waals surface area (Å²) in [5, 5.41) is 3.43. The minimum absolute atomic E-state index is 0.0277. The van der Waals surface area contributed by atoms with Crippen LogP contribution in [-0.2, 0) is 4.79 Å². The van der Waals surface area contributed by atoms with Crippen LogP contribution in [0.15, 0.2) is 24.3 Å². The van der Waals surface area contributed by atoms with Gasteiger partial charge in [0.15, 0.2) is 0 Å². The van der Waals surface area contributed by atoms with Gasteiger partial charge < -0.3 is 9.64 Å². The number of amides is 1. The smallest absolute Gasteiger partial charge is 0.241 e. The number of hydrogen-bond acceptors (Lipinski definition) is 3. The molecule has 0 radical (unpaired) electrons. The van der Waals surface area contributed by atoms with E-state index in [0.29, 0.717) is 6.61 Å². The minimum Gasteiger partial charge on any atom is -0.494 e. The number of hydrogen-bond donors (Lipinski definition) is 1. The lowest BCUT2D eigenvalue weighted by Crippen LogP contribution is -2.28. The molecular weight excluding hydrogens is 252 g/mol. The Kier molecular flexibility index (Phi) is 5.01. The summed E-state index contributed by atoms with van der Waals surface area (Å²) >= 11 is 0. The van der Waals surface area contributed by atoms with Crippen molar-refractivity contribution in [3.63, 3.8) is 0 Å². The Labute approximate surface area is 121 Å². The first kappa shape index (κ1) is 14.9. The molecule has 1 amide bonds. The van der Waals surface area contributed by atoms with Gasteiger partial charge in [0.05, 0.1) is 12.6 Å². The summed E-state index contributed by atoms with van der Waals surface area (Å²) in [4.78, 5) is 14.0. The van der Waals surface area contributed by atoms with Gasteiger partial charge in [0.1, 0.15) is 11.9 Å². The van der Waals surface area contributed by atoms with Crippen LogP contribution in [0.2, 0.25) is 0 Å². The molecule has 1 aliphatic rings. The summed E-state index contributed by atoms with van der Waals surface area (Å²) in [6, 6.07) is 7.91. The number of benzene rings is 1. The third kappa shape index (κ3) is 3.12. The quantitative estimate of drug-likeness (QED) is 0.868. The van der Waals surface area contributed by atoms with Crippen LogP contribution in [-0.4, -0.2) is 30.5 Å². The summed E-state index contributed by atoms with van der Waals surface area (Å²) in [7, 11) is 1.86. The zero-order valence-corrected chi connectivity index (χ0v) is 12.6. The summed E-state index contributed by atoms with van der Waals surface area (Å²) in [5.41, 5.74) is 1.10. The van der Waals surface area contributed by atoms with Gasteiger partial charge in [-0.25, -0.2) is 0 Å². The summed E-state index contributed by atoms with van der Waals surface area (Å²) in [5.74, 6) is 1.06. The fourth-order valence-corrected chi connectivity index (χ4v) is 2.59. The van der Waals surface area contributed by atoms with Gasteiger partial charge in [-0.15, -0.1) is 0 Å². The predicted molar refractivity (Wildman–Crippen MR) is 79.6 cm³/mol. The number of rotatable bonds is 6. The lowest BCUT2D eigenvalue weighted by atomic mass is 10.1. The number of nitrogens with one attached hydrogen (secondary N) is 1. The molecule has 1 N–H and O–H groups in total. The monoisotopic (exact) mass is 276 g/mol. The zero-order valence-electron chi connectivity index (χ0n) is 12.6. The van der Waals surface area contributed by atoms with Crippen molar-refractivity contribution in [1.82, 2.24) is 10.2 Å². The number of likely N-dealkylation sites (N-methyl/N-ethyl adjacent to an activating group) is 1. The van der Waals surface area contributed by atoms with E-state index in [2.05, 4.69) is 12.2 Å². The van der Waals surface area contributed by atoms with Crippen molar-refractivity contribution in [1.29, 1.82) is 0 Å². The second kappa shape index (κ2) is 6.75. The molecule has 2 atom stereocenters. The first-order chi connectivity index (χ1) is 9.67. The highest BCUT2D eigenvalue weighted by molar-refractivity contribution is 5.84. The standard InChI is InChI=1S/C16H24N2O2/c1-4-6-7-14-16(19)18(3)15(17-14)12-8-10-13(11-9-12)20-5-2/h8-11,14-15,17H,4-7H2,1-3H3. The minimum atomic E-state index is -0.0449. The molecule has 0 spiro atoms. The number of carbonyl (C=O) groups excluding carboxylic acids is 1. The van der Waals surface area contributed by atoms with Crippen molar-refractivity contribution in [2.75, 3.05) is 13.7 Å². The predicted octanol–water partition coefficient (Wildman–Crippen LogP) is 2.70. The van der Waals surface area contributed by atoms with Gasteiger partial charge in [-0.3, -0.25) is 10.1 Å². The molecule has 20 heavy (non-hydrogen) atoms. The van der Waals surface area contributed by atoms with E-state index in [4.69, 9.17) is 4.74 Å². The van der Waals surface area contributed by atoms with E-state index in [1.807, 2.05) is 38.2 Å². The molecule has 0 saturated carbocycles. The van der Waals surface area contributed by atoms with Gasteiger partial charge in [-0.2, -0.15) is 0 Å². The topological polar surface area (TPSA) is 41.6 Å². The van der Waals surface area contributed by atoms with Crippen molar-refractivity contribution in [3.05, 3.63) is 29.8 Å². The van der Waals surface area contributed by atoms with Crippen molar-refractivity contribution >= 4 is 5.91 Å². The highest BCUT2D eigenvalue weighted by atomic mass is 16.5. The molecule has 0 bridgehead atoms. The van der Waals surface area contributed by atoms with E-state index < -0.39 is 0 Å². The van der Waals surface area contributed by atoms with Crippen molar-refractivity contribution in [2.24, 2.45) is 0 Å². The van der Waals surface area contributed by atoms with Gasteiger partial charge in [0.2, 0.25) is 5.91 Å². The Morgan fingerprint density at radius 1 is 1.25 bits per heavy atom. The third-order valence-corrected chi connectivity index (χ3v) is 3.75. The summed E-state index contributed by atoms with van der Waals surface area (Å²) in [6.07, 6.45) is 3.07. The molecule has 1 fully saturated rings. The highest BCUT2D eigenvalue weighted by Gasteiger charge is 2.36. The number of unbranched alkanes of at least 4 members (excludes halogenated alkanes) is 1. The second-order valence-corrected chi connectivity index (χ2v) is 5.22. The van der Waals surface area contributed by atoms with E-state index in [0.717, 1.165) is 30.6 Å². The zero-order chi connectivity index (χ0) is 14.5. The van der Waals surface area contributed by atoms with Crippen LogP contribution >= 0.6 is 0 Å². The van der Waals surface area contributed by atoms with Crippen LogP contribution < -0.4 is 10.1 Å². The SMILES string of the molecule is CCCCC1NC(c2ccc(OCC)cc2)N(C)C1=O. The van der Waals surface area contributed by atoms with Gasteiger partial charge in [-0.1, -0.05) is 31.9 Å². The first-order valence-electron chi connectivity index (χ1n) is 7.42. The van der Waals surface area contributed by atoms with Gasteiger partial charge in [0.25, 0.3) is 0 Å². The first-order valence-corrected chi connectivity index (χ1v) is 7.42. The number of nitrogens with zero attached hydrogens (tertiary/aromatic N) is 1. The Hall–Kier alpha value is -1.55. The van der Waals surface area contributed by atoms with E-state index in [1.165, 1.54) is 0 Å². The molecule has 1 aromatic rings. The summed E-state index contributed by atoms with van der Waals surface area (Å²) < 4.78 is 5.44. The maximum atomic E-state index is 12.2. The maximum Gasteiger partial charge on any atom is 0.241 e. The molecule has 2 rings (SSSR count). The molecular formula is C16H24N2O2. The second-order valence-electron chi connectivity index (χ2n) is 5.22. The molecule has 1 aliphatic heterocycles. The average Bonchev–Trinajstić information content (AvgIpc) is 2.74. The molecule has 4 nitrogen and oxygen atoms in total. The van der Waals surface area contributed by atoms with Crippen molar-refractivity contribution < 1.29 is 9.53 Å². The maximum absolute atomic E-state index is 12.2. The van der Waals surface area contributed by atoms with Crippen LogP contribution in [0.5, 0.6) is 5.75 Å². The van der Waals surface area contributed by atoms with Crippen molar-refractivity contribution in [2.45, 2.75) is 45.3 Å². The third-order valence-electron chi connectivity index (χ3n) is 3.75. The molecule has 4 heteroatoms. The lowest BCUT2D eigenvalue weighted by Gasteiger charge is -2.20. The molecule has 0 aliphatic carbocycles. The Balaban J connectivity index is 2.06. The van der Waals surface area contributed by atoms with E-state index in [1.54, 1.807) is 4.90 Å². The van der Waals surface area contributed by atoms with Crippen molar-refractivity contribution in [3.8, 4) is 5.75 Å². The fourth-order valence-electron chi connectivity index (χ4n) is 2.59. The van der Waals surface area contributed by atoms with Crippen LogP contribution in [0.4, 0.5) is 0 Å². The van der Waals surface area contributed by atoms with Gasteiger partial charge >= 0.3 is 0 Å².